The van der Waals surface area contributed by atoms with Gasteiger partial charge in [-0.1, -0.05) is 0 Å². The number of rotatable bonds is 6. The number of imidazole rings is 1. The summed E-state index contributed by atoms with van der Waals surface area (Å²) in [6.45, 7) is 5.30. The highest BCUT2D eigenvalue weighted by Crippen LogP contribution is 2.29. The second-order valence-corrected chi connectivity index (χ2v) is 6.99. The lowest BCUT2D eigenvalue weighted by molar-refractivity contribution is -0.123. The fourth-order valence-electron chi connectivity index (χ4n) is 3.09. The minimum absolute atomic E-state index is 0.0302. The molecule has 0 fully saturated rings. The second kappa shape index (κ2) is 7.42. The van der Waals surface area contributed by atoms with E-state index in [9.17, 15) is 4.79 Å². The van der Waals surface area contributed by atoms with E-state index in [0.29, 0.717) is 19.7 Å². The maximum absolute atomic E-state index is 12.7. The van der Waals surface area contributed by atoms with Gasteiger partial charge < -0.3 is 14.6 Å². The van der Waals surface area contributed by atoms with Gasteiger partial charge in [-0.25, -0.2) is 9.97 Å². The molecule has 0 spiro atoms. The van der Waals surface area contributed by atoms with E-state index in [1.165, 1.54) is 4.88 Å². The van der Waals surface area contributed by atoms with Crippen molar-refractivity contribution in [3.05, 3.63) is 33.8 Å². The van der Waals surface area contributed by atoms with Gasteiger partial charge in [-0.3, -0.25) is 9.69 Å². The number of carbonyl (C=O) groups excluding carboxylic acids is 1. The maximum atomic E-state index is 12.7. The summed E-state index contributed by atoms with van der Waals surface area (Å²) in [5.74, 6) is -0.186. The first-order chi connectivity index (χ1) is 11.6. The van der Waals surface area contributed by atoms with Crippen LogP contribution in [0.2, 0.25) is 0 Å². The number of methoxy groups -OCH3 is 1. The molecule has 0 saturated carbocycles. The average molecular weight is 349 g/mol. The van der Waals surface area contributed by atoms with Crippen molar-refractivity contribution in [3.63, 3.8) is 0 Å². The highest BCUT2D eigenvalue weighted by Gasteiger charge is 2.33. The molecule has 1 aliphatic rings. The second-order valence-electron chi connectivity index (χ2n) is 6.05. The molecule has 1 aliphatic heterocycles. The smallest absolute Gasteiger partial charge is 0.230 e. The van der Waals surface area contributed by atoms with Gasteiger partial charge in [0, 0.05) is 45.2 Å². The van der Waals surface area contributed by atoms with Crippen LogP contribution in [0.25, 0.3) is 0 Å². The Morgan fingerprint density at radius 3 is 3.04 bits per heavy atom. The first kappa shape index (κ1) is 17.1. The standard InChI is InChI=1S/C16H23N5O2S/c1-11-14(24-10-19-11)8-21-6-12(16(22)17-4-5-23-3)15-13(7-21)18-9-20(15)2/h9-10,12H,4-8H2,1-3H3,(H,17,22). The van der Waals surface area contributed by atoms with E-state index < -0.39 is 0 Å². The van der Waals surface area contributed by atoms with Crippen LogP contribution in [0.5, 0.6) is 0 Å². The van der Waals surface area contributed by atoms with Crippen LogP contribution >= 0.6 is 11.3 Å². The lowest BCUT2D eigenvalue weighted by Crippen LogP contribution is -2.42. The number of nitrogens with one attached hydrogen (secondary N) is 1. The summed E-state index contributed by atoms with van der Waals surface area (Å²) < 4.78 is 6.98. The van der Waals surface area contributed by atoms with Gasteiger partial charge in [0.05, 0.1) is 41.4 Å². The molecule has 0 aliphatic carbocycles. The van der Waals surface area contributed by atoms with Crippen LogP contribution in [0.4, 0.5) is 0 Å². The largest absolute Gasteiger partial charge is 0.383 e. The van der Waals surface area contributed by atoms with E-state index >= 15 is 0 Å². The third-order valence-electron chi connectivity index (χ3n) is 4.34. The van der Waals surface area contributed by atoms with E-state index in [-0.39, 0.29) is 11.8 Å². The zero-order chi connectivity index (χ0) is 17.1. The summed E-state index contributed by atoms with van der Waals surface area (Å²) >= 11 is 1.66. The number of aryl methyl sites for hydroxylation is 2. The number of hydrogen-bond acceptors (Lipinski definition) is 6. The molecule has 24 heavy (non-hydrogen) atoms. The van der Waals surface area contributed by atoms with Crippen LogP contribution in [0.15, 0.2) is 11.8 Å². The van der Waals surface area contributed by atoms with E-state index in [0.717, 1.165) is 30.2 Å². The van der Waals surface area contributed by atoms with Crippen molar-refractivity contribution in [1.82, 2.24) is 24.8 Å². The van der Waals surface area contributed by atoms with E-state index in [2.05, 4.69) is 20.2 Å². The number of carbonyl (C=O) groups is 1. The van der Waals surface area contributed by atoms with Gasteiger partial charge in [-0.15, -0.1) is 11.3 Å². The van der Waals surface area contributed by atoms with Crippen molar-refractivity contribution < 1.29 is 9.53 Å². The fourth-order valence-corrected chi connectivity index (χ4v) is 3.90. The number of hydrogen-bond donors (Lipinski definition) is 1. The Morgan fingerprint density at radius 2 is 2.33 bits per heavy atom. The monoisotopic (exact) mass is 349 g/mol. The van der Waals surface area contributed by atoms with Gasteiger partial charge in [-0.05, 0) is 6.92 Å². The molecule has 1 atom stereocenters. The molecule has 3 rings (SSSR count). The summed E-state index contributed by atoms with van der Waals surface area (Å²) in [5.41, 5.74) is 4.93. The number of thiazole rings is 1. The van der Waals surface area contributed by atoms with Gasteiger partial charge in [0.15, 0.2) is 0 Å². The number of fused-ring (bicyclic) bond motifs is 1. The number of ether oxygens (including phenoxy) is 1. The molecule has 0 aromatic carbocycles. The molecule has 0 bridgehead atoms. The molecule has 0 saturated heterocycles. The number of amides is 1. The van der Waals surface area contributed by atoms with Crippen LogP contribution in [-0.4, -0.2) is 52.1 Å². The van der Waals surface area contributed by atoms with Crippen LogP contribution in [0.3, 0.4) is 0 Å². The predicted molar refractivity (Wildman–Crippen MR) is 91.8 cm³/mol. The lowest BCUT2D eigenvalue weighted by Gasteiger charge is -2.32. The molecule has 130 valence electrons. The van der Waals surface area contributed by atoms with Crippen molar-refractivity contribution in [3.8, 4) is 0 Å². The van der Waals surface area contributed by atoms with E-state index in [1.807, 2.05) is 24.0 Å². The molecule has 2 aromatic heterocycles. The van der Waals surface area contributed by atoms with Crippen molar-refractivity contribution >= 4 is 17.2 Å². The van der Waals surface area contributed by atoms with Gasteiger partial charge >= 0.3 is 0 Å². The molecule has 1 amide bonds. The Kier molecular flexibility index (Phi) is 5.27. The van der Waals surface area contributed by atoms with Crippen LogP contribution in [-0.2, 0) is 29.7 Å². The summed E-state index contributed by atoms with van der Waals surface area (Å²) in [6, 6.07) is 0. The molecule has 0 radical (unpaired) electrons. The van der Waals surface area contributed by atoms with Gasteiger partial charge in [0.1, 0.15) is 0 Å². The Labute approximate surface area is 145 Å². The van der Waals surface area contributed by atoms with Crippen LogP contribution < -0.4 is 5.32 Å². The predicted octanol–water partition coefficient (Wildman–Crippen LogP) is 1.05. The highest BCUT2D eigenvalue weighted by molar-refractivity contribution is 7.09. The summed E-state index contributed by atoms with van der Waals surface area (Å²) in [6.07, 6.45) is 1.79. The third-order valence-corrected chi connectivity index (χ3v) is 5.26. The zero-order valence-corrected chi connectivity index (χ0v) is 15.1. The van der Waals surface area contributed by atoms with Gasteiger partial charge in [-0.2, -0.15) is 0 Å². The Hall–Kier alpha value is -1.77. The zero-order valence-electron chi connectivity index (χ0n) is 14.3. The molecule has 1 unspecified atom stereocenters. The lowest BCUT2D eigenvalue weighted by atomic mass is 9.97. The molecular formula is C16H23N5O2S. The molecular weight excluding hydrogens is 326 g/mol. The molecule has 8 heteroatoms. The first-order valence-electron chi connectivity index (χ1n) is 7.98. The van der Waals surface area contributed by atoms with E-state index in [1.54, 1.807) is 24.8 Å². The maximum Gasteiger partial charge on any atom is 0.230 e. The fraction of sp³-hybridized carbons (Fsp3) is 0.562. The average Bonchev–Trinajstić information content (AvgIpc) is 3.13. The van der Waals surface area contributed by atoms with Crippen molar-refractivity contribution in [2.24, 2.45) is 7.05 Å². The third kappa shape index (κ3) is 3.50. The van der Waals surface area contributed by atoms with Gasteiger partial charge in [0.2, 0.25) is 5.91 Å². The van der Waals surface area contributed by atoms with Crippen molar-refractivity contribution in [1.29, 1.82) is 0 Å². The van der Waals surface area contributed by atoms with Crippen molar-refractivity contribution in [2.45, 2.75) is 25.9 Å². The minimum Gasteiger partial charge on any atom is -0.383 e. The first-order valence-corrected chi connectivity index (χ1v) is 8.86. The van der Waals surface area contributed by atoms with Gasteiger partial charge in [0.25, 0.3) is 0 Å². The van der Waals surface area contributed by atoms with Crippen molar-refractivity contribution in [2.75, 3.05) is 26.8 Å². The SMILES string of the molecule is COCCNC(=O)C1CN(Cc2scnc2C)Cc2ncn(C)c21. The van der Waals surface area contributed by atoms with Crippen LogP contribution in [0, 0.1) is 6.92 Å². The molecule has 2 aromatic rings. The summed E-state index contributed by atoms with van der Waals surface area (Å²) in [5, 5.41) is 2.96. The normalized spacial score (nSPS) is 17.7. The Bertz CT molecular complexity index is 711. The minimum atomic E-state index is -0.216. The quantitative estimate of drug-likeness (QED) is 0.789. The van der Waals surface area contributed by atoms with Crippen LogP contribution in [0.1, 0.15) is 27.9 Å². The van der Waals surface area contributed by atoms with E-state index in [4.69, 9.17) is 4.74 Å². The molecule has 7 nitrogen and oxygen atoms in total. The Balaban J connectivity index is 1.77. The highest BCUT2D eigenvalue weighted by atomic mass is 32.1. The summed E-state index contributed by atoms with van der Waals surface area (Å²) in [4.78, 5) is 25.0. The topological polar surface area (TPSA) is 72.3 Å². The molecule has 1 N–H and O–H groups in total. The number of nitrogens with zero attached hydrogens (tertiary/aromatic N) is 4. The molecule has 3 heterocycles. The number of aromatic nitrogens is 3. The Morgan fingerprint density at radius 1 is 1.50 bits per heavy atom. The summed E-state index contributed by atoms with van der Waals surface area (Å²) in [7, 11) is 3.58.